The Balaban J connectivity index is 1.60. The van der Waals surface area contributed by atoms with E-state index in [1.54, 1.807) is 51.1 Å². The van der Waals surface area contributed by atoms with Gasteiger partial charge in [0.2, 0.25) is 0 Å². The molecule has 3 unspecified atom stereocenters. The van der Waals surface area contributed by atoms with Gasteiger partial charge in [0.15, 0.2) is 34.5 Å². The zero-order valence-corrected chi connectivity index (χ0v) is 32.6. The average molecular weight is 735 g/mol. The van der Waals surface area contributed by atoms with Crippen LogP contribution >= 0.6 is 0 Å². The van der Waals surface area contributed by atoms with Crippen LogP contribution in [0.1, 0.15) is 83.2 Å². The minimum Gasteiger partial charge on any atom is -0.493 e. The summed E-state index contributed by atoms with van der Waals surface area (Å²) in [5.74, 6) is 2.66. The van der Waals surface area contributed by atoms with Gasteiger partial charge in [-0.25, -0.2) is 14.3 Å². The molecule has 1 amide bonds. The Labute approximate surface area is 311 Å². The van der Waals surface area contributed by atoms with Gasteiger partial charge in [-0.05, 0) is 82.3 Å². The predicted octanol–water partition coefficient (Wildman–Crippen LogP) is 6.61. The fourth-order valence-corrected chi connectivity index (χ4v) is 6.62. The highest BCUT2D eigenvalue weighted by atomic mass is 16.6. The molecule has 1 aliphatic rings. The number of carbonyl (C=O) groups excluding carboxylic acids is 1. The molecule has 2 heterocycles. The van der Waals surface area contributed by atoms with Crippen LogP contribution < -0.4 is 28.6 Å². The molecule has 0 spiro atoms. The lowest BCUT2D eigenvalue weighted by molar-refractivity contribution is -0.0339. The Bertz CT molecular complexity index is 1800. The highest BCUT2D eigenvalue weighted by Gasteiger charge is 2.43. The van der Waals surface area contributed by atoms with Crippen molar-refractivity contribution in [3.8, 4) is 29.0 Å². The number of hydrogen-bond acceptors (Lipinski definition) is 12. The molecule has 0 bridgehead atoms. The van der Waals surface area contributed by atoms with E-state index in [0.717, 1.165) is 30.4 Å². The van der Waals surface area contributed by atoms with E-state index in [9.17, 15) is 9.90 Å². The summed E-state index contributed by atoms with van der Waals surface area (Å²) in [6.07, 6.45) is 3.23. The third kappa shape index (κ3) is 8.98. The van der Waals surface area contributed by atoms with Gasteiger partial charge in [0.25, 0.3) is 0 Å². The van der Waals surface area contributed by atoms with Crippen LogP contribution in [0.3, 0.4) is 0 Å². The SMILES string of the molecule is CCC[C@H](C)Oc1nc(N(Cc2ccc(OC)c(OC)c2)Cc2ccc(OC)c(OC)c2)c2ncc(C(O)C3CCC3N(C)C(=O)OC(C)(C)C)n2n1. The zero-order valence-electron chi connectivity index (χ0n) is 32.6. The molecule has 2 aromatic carbocycles. The summed E-state index contributed by atoms with van der Waals surface area (Å²) >= 11 is 0. The third-order valence-electron chi connectivity index (χ3n) is 9.47. The van der Waals surface area contributed by atoms with Crippen molar-refractivity contribution >= 4 is 17.6 Å². The number of hydrogen-bond donors (Lipinski definition) is 1. The molecule has 53 heavy (non-hydrogen) atoms. The maximum Gasteiger partial charge on any atom is 0.410 e. The van der Waals surface area contributed by atoms with Crippen molar-refractivity contribution in [2.75, 3.05) is 40.4 Å². The van der Waals surface area contributed by atoms with E-state index >= 15 is 0 Å². The number of rotatable bonds is 16. The lowest BCUT2D eigenvalue weighted by Gasteiger charge is -2.44. The van der Waals surface area contributed by atoms with E-state index in [-0.39, 0.29) is 24.1 Å². The van der Waals surface area contributed by atoms with Crippen LogP contribution in [0.2, 0.25) is 0 Å². The molecule has 14 heteroatoms. The van der Waals surface area contributed by atoms with Crippen molar-refractivity contribution < 1.29 is 38.3 Å². The maximum absolute atomic E-state index is 13.0. The van der Waals surface area contributed by atoms with E-state index < -0.39 is 17.8 Å². The van der Waals surface area contributed by atoms with Gasteiger partial charge in [-0.3, -0.25) is 0 Å². The molecule has 5 rings (SSSR count). The molecule has 1 N–H and O–H groups in total. The van der Waals surface area contributed by atoms with Crippen molar-refractivity contribution in [2.24, 2.45) is 5.92 Å². The van der Waals surface area contributed by atoms with E-state index in [0.29, 0.717) is 59.7 Å². The number of amides is 1. The Morgan fingerprint density at radius 3 is 2.02 bits per heavy atom. The largest absolute Gasteiger partial charge is 0.493 e. The van der Waals surface area contributed by atoms with Crippen LogP contribution in [0, 0.1) is 5.92 Å². The molecule has 1 saturated carbocycles. The van der Waals surface area contributed by atoms with Crippen molar-refractivity contribution in [3.63, 3.8) is 0 Å². The monoisotopic (exact) mass is 734 g/mol. The second-order valence-electron chi connectivity index (χ2n) is 14.4. The first kappa shape index (κ1) is 39.2. The van der Waals surface area contributed by atoms with Gasteiger partial charge in [0.1, 0.15) is 11.7 Å². The highest BCUT2D eigenvalue weighted by Crippen LogP contribution is 2.42. The maximum atomic E-state index is 13.0. The van der Waals surface area contributed by atoms with Gasteiger partial charge in [0.05, 0.1) is 46.4 Å². The standard InChI is InChI=1S/C39H54N6O8/c1-11-12-24(2)52-37-41-36(35-40-21-29(45(35)42-37)34(46)27-15-16-28(27)43(6)38(47)53-39(3,4)5)44(22-25-13-17-30(48-7)32(19-25)50-9)23-26-14-18-31(49-8)33(20-26)51-10/h13-14,17-21,24,27-28,34,46H,11-12,15-16,22-23H2,1-10H3/t24-,27?,28?,34?/m0/s1. The Kier molecular flexibility index (Phi) is 12.4. The molecular weight excluding hydrogens is 680 g/mol. The van der Waals surface area contributed by atoms with Crippen LogP contribution in [0.25, 0.3) is 5.65 Å². The van der Waals surface area contributed by atoms with Crippen LogP contribution in [0.5, 0.6) is 29.0 Å². The minimum atomic E-state index is -0.984. The van der Waals surface area contributed by atoms with E-state index in [2.05, 4.69) is 11.8 Å². The number of anilines is 1. The van der Waals surface area contributed by atoms with Crippen LogP contribution in [0.4, 0.5) is 10.6 Å². The van der Waals surface area contributed by atoms with Crippen LogP contribution in [0.15, 0.2) is 42.6 Å². The molecule has 14 nitrogen and oxygen atoms in total. The first-order valence-corrected chi connectivity index (χ1v) is 18.0. The van der Waals surface area contributed by atoms with Crippen molar-refractivity contribution in [2.45, 2.75) is 97.2 Å². The van der Waals surface area contributed by atoms with Gasteiger partial charge in [-0.1, -0.05) is 25.5 Å². The lowest BCUT2D eigenvalue weighted by atomic mass is 9.74. The van der Waals surface area contributed by atoms with E-state index in [1.165, 1.54) is 0 Å². The molecule has 288 valence electrons. The highest BCUT2D eigenvalue weighted by molar-refractivity contribution is 5.68. The summed E-state index contributed by atoms with van der Waals surface area (Å²) in [5, 5.41) is 16.7. The Hall–Kier alpha value is -4.98. The molecule has 4 atom stereocenters. The fraction of sp³-hybridized carbons (Fsp3) is 0.538. The van der Waals surface area contributed by atoms with Gasteiger partial charge in [-0.2, -0.15) is 4.98 Å². The summed E-state index contributed by atoms with van der Waals surface area (Å²) in [5.41, 5.74) is 2.13. The molecule has 0 aliphatic heterocycles. The number of aromatic nitrogens is 4. The summed E-state index contributed by atoms with van der Waals surface area (Å²) in [6, 6.07) is 11.5. The van der Waals surface area contributed by atoms with Crippen molar-refractivity contribution in [1.29, 1.82) is 0 Å². The van der Waals surface area contributed by atoms with E-state index in [1.807, 2.05) is 64.1 Å². The predicted molar refractivity (Wildman–Crippen MR) is 200 cm³/mol. The number of fused-ring (bicyclic) bond motifs is 1. The number of aliphatic hydroxyl groups excluding tert-OH is 1. The first-order chi connectivity index (χ1) is 25.3. The lowest BCUT2D eigenvalue weighted by Crippen LogP contribution is -2.51. The minimum absolute atomic E-state index is 0.153. The normalized spacial score (nSPS) is 16.7. The number of carbonyl (C=O) groups is 1. The summed E-state index contributed by atoms with van der Waals surface area (Å²) < 4.78 is 35.8. The van der Waals surface area contributed by atoms with Crippen LogP contribution in [-0.2, 0) is 17.8 Å². The molecule has 1 aliphatic carbocycles. The topological polar surface area (TPSA) is 142 Å². The third-order valence-corrected chi connectivity index (χ3v) is 9.47. The number of methoxy groups -OCH3 is 4. The van der Waals surface area contributed by atoms with Crippen molar-refractivity contribution in [1.82, 2.24) is 24.5 Å². The summed E-state index contributed by atoms with van der Waals surface area (Å²) in [4.78, 5) is 26.4. The fourth-order valence-electron chi connectivity index (χ4n) is 6.62. The second-order valence-corrected chi connectivity index (χ2v) is 14.4. The first-order valence-electron chi connectivity index (χ1n) is 18.0. The quantitative estimate of drug-likeness (QED) is 0.132. The Morgan fingerprint density at radius 1 is 0.943 bits per heavy atom. The van der Waals surface area contributed by atoms with E-state index in [4.69, 9.17) is 43.5 Å². The van der Waals surface area contributed by atoms with Gasteiger partial charge in [0, 0.05) is 32.1 Å². The number of aliphatic hydroxyl groups is 1. The molecule has 0 saturated heterocycles. The van der Waals surface area contributed by atoms with Crippen molar-refractivity contribution in [3.05, 3.63) is 59.4 Å². The van der Waals surface area contributed by atoms with Crippen LogP contribution in [-0.4, -0.2) is 88.9 Å². The van der Waals surface area contributed by atoms with Gasteiger partial charge in [-0.15, -0.1) is 5.10 Å². The number of ether oxygens (including phenoxy) is 6. The van der Waals surface area contributed by atoms with Gasteiger partial charge >= 0.3 is 12.1 Å². The number of nitrogens with zero attached hydrogens (tertiary/aromatic N) is 6. The number of imidazole rings is 1. The second kappa shape index (κ2) is 16.8. The zero-order chi connectivity index (χ0) is 38.4. The summed E-state index contributed by atoms with van der Waals surface area (Å²) in [7, 11) is 8.13. The Morgan fingerprint density at radius 2 is 1.53 bits per heavy atom. The molecule has 1 fully saturated rings. The molecular formula is C39H54N6O8. The average Bonchev–Trinajstić information content (AvgIpc) is 3.53. The number of benzene rings is 2. The summed E-state index contributed by atoms with van der Waals surface area (Å²) in [6.45, 7) is 10.4. The molecule has 2 aromatic heterocycles. The smallest absolute Gasteiger partial charge is 0.410 e. The molecule has 4 aromatic rings. The van der Waals surface area contributed by atoms with Gasteiger partial charge < -0.3 is 43.3 Å². The molecule has 0 radical (unpaired) electrons.